The van der Waals surface area contributed by atoms with Gasteiger partial charge in [0.05, 0.1) is 4.92 Å². The van der Waals surface area contributed by atoms with Crippen LogP contribution in [0.1, 0.15) is 21.9 Å². The zero-order valence-electron chi connectivity index (χ0n) is 16.0. The summed E-state index contributed by atoms with van der Waals surface area (Å²) in [5.41, 5.74) is 1.08. The molecule has 1 aromatic heterocycles. The molecule has 1 N–H and O–H groups in total. The van der Waals surface area contributed by atoms with Crippen LogP contribution in [0.2, 0.25) is 0 Å². The van der Waals surface area contributed by atoms with Crippen molar-refractivity contribution in [1.29, 1.82) is 0 Å². The Kier molecular flexibility index (Phi) is 5.25. The van der Waals surface area contributed by atoms with Crippen LogP contribution < -0.4 is 19.5 Å². The standard InChI is InChI=1S/C21H18N2O7/c1-13-10-15(3-5-17(13)23(25)26)29-12-16-4-7-19(30-16)21(24)22-14-2-6-18-20(11-14)28-9-8-27-18/h2-7,10-11H,8-9,12H2,1H3,(H,22,24). The number of fused-ring (bicyclic) bond motifs is 1. The van der Waals surface area contributed by atoms with Crippen LogP contribution in [0, 0.1) is 17.0 Å². The van der Waals surface area contributed by atoms with Crippen molar-refractivity contribution in [3.05, 3.63) is 75.7 Å². The zero-order chi connectivity index (χ0) is 21.1. The number of anilines is 1. The number of nitro benzene ring substituents is 1. The maximum Gasteiger partial charge on any atom is 0.291 e. The second-order valence-electron chi connectivity index (χ2n) is 6.57. The van der Waals surface area contributed by atoms with Gasteiger partial charge in [0.2, 0.25) is 0 Å². The van der Waals surface area contributed by atoms with Gasteiger partial charge in [-0.1, -0.05) is 0 Å². The predicted molar refractivity (Wildman–Crippen MR) is 106 cm³/mol. The molecule has 0 radical (unpaired) electrons. The summed E-state index contributed by atoms with van der Waals surface area (Å²) < 4.78 is 22.1. The minimum atomic E-state index is -0.446. The topological polar surface area (TPSA) is 113 Å². The summed E-state index contributed by atoms with van der Waals surface area (Å²) in [4.78, 5) is 22.9. The van der Waals surface area contributed by atoms with Crippen molar-refractivity contribution in [1.82, 2.24) is 0 Å². The molecule has 9 heteroatoms. The molecule has 0 fully saturated rings. The number of hydrogen-bond acceptors (Lipinski definition) is 7. The highest BCUT2D eigenvalue weighted by Gasteiger charge is 2.16. The third-order valence-electron chi connectivity index (χ3n) is 4.43. The molecule has 9 nitrogen and oxygen atoms in total. The molecule has 0 spiro atoms. The van der Waals surface area contributed by atoms with E-state index in [0.29, 0.717) is 47.5 Å². The number of ether oxygens (including phenoxy) is 3. The Morgan fingerprint density at radius 1 is 1.10 bits per heavy atom. The molecule has 2 aromatic carbocycles. The average molecular weight is 410 g/mol. The second kappa shape index (κ2) is 8.16. The molecule has 1 aliphatic rings. The van der Waals surface area contributed by atoms with Gasteiger partial charge in [0.15, 0.2) is 17.3 Å². The number of nitrogens with zero attached hydrogens (tertiary/aromatic N) is 1. The van der Waals surface area contributed by atoms with Crippen LogP contribution in [-0.2, 0) is 6.61 Å². The van der Waals surface area contributed by atoms with E-state index >= 15 is 0 Å². The second-order valence-corrected chi connectivity index (χ2v) is 6.57. The van der Waals surface area contributed by atoms with Crippen molar-refractivity contribution in [3.8, 4) is 17.2 Å². The Balaban J connectivity index is 1.37. The molecular formula is C21H18N2O7. The number of carbonyl (C=O) groups is 1. The Bertz CT molecular complexity index is 1110. The molecule has 0 saturated heterocycles. The van der Waals surface area contributed by atoms with Crippen LogP contribution in [0.5, 0.6) is 17.2 Å². The summed E-state index contributed by atoms with van der Waals surface area (Å²) >= 11 is 0. The molecule has 3 aromatic rings. The summed E-state index contributed by atoms with van der Waals surface area (Å²) in [6, 6.07) is 12.8. The average Bonchev–Trinajstić information content (AvgIpc) is 3.21. The van der Waals surface area contributed by atoms with E-state index < -0.39 is 10.8 Å². The number of nitrogens with one attached hydrogen (secondary N) is 1. The number of nitro groups is 1. The van der Waals surface area contributed by atoms with E-state index in [1.807, 2.05) is 0 Å². The van der Waals surface area contributed by atoms with Crippen molar-refractivity contribution >= 4 is 17.3 Å². The highest BCUT2D eigenvalue weighted by Crippen LogP contribution is 2.32. The lowest BCUT2D eigenvalue weighted by atomic mass is 10.2. The first kappa shape index (κ1) is 19.3. The van der Waals surface area contributed by atoms with Gasteiger partial charge in [0.1, 0.15) is 31.3 Å². The van der Waals surface area contributed by atoms with Gasteiger partial charge in [-0.3, -0.25) is 14.9 Å². The fourth-order valence-corrected chi connectivity index (χ4v) is 2.97. The van der Waals surface area contributed by atoms with E-state index in [9.17, 15) is 14.9 Å². The minimum absolute atomic E-state index is 0.0263. The van der Waals surface area contributed by atoms with Crippen molar-refractivity contribution in [3.63, 3.8) is 0 Å². The molecule has 0 atom stereocenters. The quantitative estimate of drug-likeness (QED) is 0.481. The molecule has 0 aliphatic carbocycles. The zero-order valence-corrected chi connectivity index (χ0v) is 16.0. The Labute approximate surface area is 171 Å². The number of aryl methyl sites for hydroxylation is 1. The van der Waals surface area contributed by atoms with Gasteiger partial charge in [-0.25, -0.2) is 0 Å². The third-order valence-corrected chi connectivity index (χ3v) is 4.43. The van der Waals surface area contributed by atoms with Crippen molar-refractivity contribution in [2.45, 2.75) is 13.5 Å². The molecule has 0 saturated carbocycles. The van der Waals surface area contributed by atoms with Gasteiger partial charge >= 0.3 is 0 Å². The molecule has 4 rings (SSSR count). The fourth-order valence-electron chi connectivity index (χ4n) is 2.97. The predicted octanol–water partition coefficient (Wildman–Crippen LogP) is 4.10. The van der Waals surface area contributed by atoms with E-state index in [2.05, 4.69) is 5.32 Å². The number of amides is 1. The van der Waals surface area contributed by atoms with Gasteiger partial charge in [-0.15, -0.1) is 0 Å². The van der Waals surface area contributed by atoms with Crippen molar-refractivity contribution in [2.24, 2.45) is 0 Å². The Hall–Kier alpha value is -4.01. The number of hydrogen-bond donors (Lipinski definition) is 1. The van der Waals surface area contributed by atoms with Crippen LogP contribution in [0.3, 0.4) is 0 Å². The summed E-state index contributed by atoms with van der Waals surface area (Å²) in [5, 5.41) is 13.6. The first-order chi connectivity index (χ1) is 14.5. The molecule has 154 valence electrons. The first-order valence-electron chi connectivity index (χ1n) is 9.17. The number of carbonyl (C=O) groups excluding carboxylic acids is 1. The molecule has 30 heavy (non-hydrogen) atoms. The summed E-state index contributed by atoms with van der Waals surface area (Å²) in [6.45, 7) is 2.67. The smallest absolute Gasteiger partial charge is 0.291 e. The van der Waals surface area contributed by atoms with E-state index in [0.717, 1.165) is 0 Å². The monoisotopic (exact) mass is 410 g/mol. The van der Waals surface area contributed by atoms with Gasteiger partial charge in [0, 0.05) is 23.4 Å². The molecule has 1 amide bonds. The Morgan fingerprint density at radius 2 is 1.90 bits per heavy atom. The fraction of sp³-hybridized carbons (Fsp3) is 0.190. The molecule has 1 aliphatic heterocycles. The number of rotatable bonds is 6. The van der Waals surface area contributed by atoms with Gasteiger partial charge in [-0.2, -0.15) is 0 Å². The third kappa shape index (κ3) is 4.19. The summed E-state index contributed by atoms with van der Waals surface area (Å²) in [6.07, 6.45) is 0. The number of benzene rings is 2. The Morgan fingerprint density at radius 3 is 2.67 bits per heavy atom. The maximum absolute atomic E-state index is 12.4. The van der Waals surface area contributed by atoms with Gasteiger partial charge in [-0.05, 0) is 43.3 Å². The van der Waals surface area contributed by atoms with Gasteiger partial charge in [0.25, 0.3) is 11.6 Å². The lowest BCUT2D eigenvalue weighted by Gasteiger charge is -2.18. The molecule has 0 unspecified atom stereocenters. The van der Waals surface area contributed by atoms with Crippen molar-refractivity contribution < 1.29 is 28.3 Å². The van der Waals surface area contributed by atoms with E-state index in [1.165, 1.54) is 12.1 Å². The van der Waals surface area contributed by atoms with Crippen LogP contribution in [0.4, 0.5) is 11.4 Å². The van der Waals surface area contributed by atoms with E-state index in [1.54, 1.807) is 43.3 Å². The maximum atomic E-state index is 12.4. The first-order valence-corrected chi connectivity index (χ1v) is 9.17. The summed E-state index contributed by atoms with van der Waals surface area (Å²) in [7, 11) is 0. The van der Waals surface area contributed by atoms with E-state index in [-0.39, 0.29) is 18.1 Å². The summed E-state index contributed by atoms with van der Waals surface area (Å²) in [5.74, 6) is 1.84. The SMILES string of the molecule is Cc1cc(OCc2ccc(C(=O)Nc3ccc4c(c3)OCCO4)o2)ccc1[N+](=O)[O-]. The van der Waals surface area contributed by atoms with Crippen molar-refractivity contribution in [2.75, 3.05) is 18.5 Å². The normalized spacial score (nSPS) is 12.3. The van der Waals surface area contributed by atoms with Crippen LogP contribution in [-0.4, -0.2) is 24.0 Å². The molecular weight excluding hydrogens is 392 g/mol. The van der Waals surface area contributed by atoms with Crippen LogP contribution >= 0.6 is 0 Å². The van der Waals surface area contributed by atoms with E-state index in [4.69, 9.17) is 18.6 Å². The van der Waals surface area contributed by atoms with Crippen LogP contribution in [0.25, 0.3) is 0 Å². The molecule has 0 bridgehead atoms. The number of furan rings is 1. The molecule has 2 heterocycles. The largest absolute Gasteiger partial charge is 0.486 e. The highest BCUT2D eigenvalue weighted by molar-refractivity contribution is 6.02. The van der Waals surface area contributed by atoms with Gasteiger partial charge < -0.3 is 23.9 Å². The lowest BCUT2D eigenvalue weighted by Crippen LogP contribution is -2.16. The highest BCUT2D eigenvalue weighted by atomic mass is 16.6. The lowest BCUT2D eigenvalue weighted by molar-refractivity contribution is -0.385. The van der Waals surface area contributed by atoms with Crippen LogP contribution in [0.15, 0.2) is 52.9 Å². The minimum Gasteiger partial charge on any atom is -0.486 e.